The van der Waals surface area contributed by atoms with E-state index >= 15 is 0 Å². The molecular weight excluding hydrogens is 548 g/mol. The Labute approximate surface area is 198 Å². The van der Waals surface area contributed by atoms with Gasteiger partial charge < -0.3 is 9.47 Å². The summed E-state index contributed by atoms with van der Waals surface area (Å²) in [7, 11) is -2.21. The van der Waals surface area contributed by atoms with E-state index in [4.69, 9.17) is 9.47 Å². The Kier molecular flexibility index (Phi) is 7.74. The number of rotatable bonds is 8. The number of hydrogen-bond acceptors (Lipinski definition) is 5. The van der Waals surface area contributed by atoms with Crippen LogP contribution in [0.2, 0.25) is 0 Å². The summed E-state index contributed by atoms with van der Waals surface area (Å²) in [6, 6.07) is 17.8. The minimum absolute atomic E-state index is 0.144. The maximum atomic E-state index is 12.3. The molecule has 0 aromatic heterocycles. The van der Waals surface area contributed by atoms with Gasteiger partial charge in [-0.15, -0.1) is 0 Å². The lowest BCUT2D eigenvalue weighted by atomic mass is 10.2. The van der Waals surface area contributed by atoms with Crippen molar-refractivity contribution in [3.05, 3.63) is 86.3 Å². The van der Waals surface area contributed by atoms with E-state index in [1.807, 2.05) is 31.2 Å². The molecule has 0 aliphatic rings. The zero-order chi connectivity index (χ0) is 22.4. The van der Waals surface area contributed by atoms with Gasteiger partial charge in [0.1, 0.15) is 6.61 Å². The number of halogens is 2. The molecule has 3 aromatic carbocycles. The Morgan fingerprint density at radius 3 is 2.35 bits per heavy atom. The lowest BCUT2D eigenvalue weighted by Gasteiger charge is -2.13. The van der Waals surface area contributed by atoms with Gasteiger partial charge in [0, 0.05) is 4.47 Å². The molecule has 162 valence electrons. The summed E-state index contributed by atoms with van der Waals surface area (Å²) in [5.74, 6) is 1.04. The van der Waals surface area contributed by atoms with Gasteiger partial charge in [0.15, 0.2) is 11.5 Å². The number of sulfonamides is 1. The first-order valence-corrected chi connectivity index (χ1v) is 12.2. The molecule has 0 saturated heterocycles. The predicted molar refractivity (Wildman–Crippen MR) is 128 cm³/mol. The third-order valence-corrected chi connectivity index (χ3v) is 6.62. The van der Waals surface area contributed by atoms with Crippen molar-refractivity contribution in [1.82, 2.24) is 4.83 Å². The lowest BCUT2D eigenvalue weighted by molar-refractivity contribution is 0.282. The molecule has 0 radical (unpaired) electrons. The number of benzene rings is 3. The van der Waals surface area contributed by atoms with Gasteiger partial charge in [-0.2, -0.15) is 13.5 Å². The second kappa shape index (κ2) is 10.3. The molecule has 9 heteroatoms. The first-order chi connectivity index (χ1) is 14.8. The predicted octanol–water partition coefficient (Wildman–Crippen LogP) is 5.42. The second-order valence-corrected chi connectivity index (χ2v) is 10.0. The van der Waals surface area contributed by atoms with Crippen LogP contribution in [0, 0.1) is 6.92 Å². The van der Waals surface area contributed by atoms with Crippen LogP contribution in [0.15, 0.2) is 79.6 Å². The van der Waals surface area contributed by atoms with E-state index in [1.165, 1.54) is 25.5 Å². The van der Waals surface area contributed by atoms with Crippen LogP contribution in [0.25, 0.3) is 0 Å². The molecular formula is C22H20Br2N2O4S. The normalized spacial score (nSPS) is 11.5. The van der Waals surface area contributed by atoms with Gasteiger partial charge in [-0.25, -0.2) is 4.83 Å². The number of methoxy groups -OCH3 is 1. The van der Waals surface area contributed by atoms with E-state index in [-0.39, 0.29) is 4.90 Å². The van der Waals surface area contributed by atoms with Crippen LogP contribution in [-0.4, -0.2) is 21.7 Å². The van der Waals surface area contributed by atoms with Crippen molar-refractivity contribution in [3.8, 4) is 11.5 Å². The first-order valence-electron chi connectivity index (χ1n) is 9.15. The number of nitrogens with one attached hydrogen (secondary N) is 1. The van der Waals surface area contributed by atoms with Crippen molar-refractivity contribution in [2.24, 2.45) is 5.10 Å². The first kappa shape index (κ1) is 23.3. The van der Waals surface area contributed by atoms with Crippen molar-refractivity contribution >= 4 is 48.1 Å². The third-order valence-electron chi connectivity index (χ3n) is 4.27. The van der Waals surface area contributed by atoms with Crippen LogP contribution in [0.5, 0.6) is 11.5 Å². The fourth-order valence-electron chi connectivity index (χ4n) is 2.63. The molecule has 0 amide bonds. The molecule has 0 fully saturated rings. The van der Waals surface area contributed by atoms with E-state index in [9.17, 15) is 8.42 Å². The van der Waals surface area contributed by atoms with E-state index in [0.717, 1.165) is 15.6 Å². The van der Waals surface area contributed by atoms with Crippen LogP contribution in [0.1, 0.15) is 16.7 Å². The molecule has 0 bridgehead atoms. The molecule has 0 spiro atoms. The van der Waals surface area contributed by atoms with Crippen molar-refractivity contribution < 1.29 is 17.9 Å². The Balaban J connectivity index is 1.72. The number of hydrogen-bond donors (Lipinski definition) is 1. The van der Waals surface area contributed by atoms with Gasteiger partial charge in [0.2, 0.25) is 0 Å². The largest absolute Gasteiger partial charge is 0.493 e. The highest BCUT2D eigenvalue weighted by Crippen LogP contribution is 2.37. The highest BCUT2D eigenvalue weighted by Gasteiger charge is 2.13. The summed E-state index contributed by atoms with van der Waals surface area (Å²) in [6.07, 6.45) is 1.40. The summed E-state index contributed by atoms with van der Waals surface area (Å²) in [4.78, 5) is 2.36. The molecule has 0 unspecified atom stereocenters. The molecule has 0 aliphatic carbocycles. The third kappa shape index (κ3) is 6.32. The molecule has 0 saturated carbocycles. The number of nitrogens with zero attached hydrogens (tertiary/aromatic N) is 1. The van der Waals surface area contributed by atoms with Crippen molar-refractivity contribution in [1.29, 1.82) is 0 Å². The molecule has 6 nitrogen and oxygen atoms in total. The topological polar surface area (TPSA) is 77.0 Å². The summed E-state index contributed by atoms with van der Waals surface area (Å²) in [5.41, 5.74) is 2.61. The van der Waals surface area contributed by atoms with Gasteiger partial charge in [0.25, 0.3) is 10.0 Å². The maximum Gasteiger partial charge on any atom is 0.276 e. The average Bonchev–Trinajstić information content (AvgIpc) is 2.74. The average molecular weight is 568 g/mol. The van der Waals surface area contributed by atoms with E-state index < -0.39 is 10.0 Å². The number of aryl methyl sites for hydroxylation is 1. The zero-order valence-corrected chi connectivity index (χ0v) is 20.8. The highest BCUT2D eigenvalue weighted by atomic mass is 79.9. The molecule has 3 aromatic rings. The monoisotopic (exact) mass is 566 g/mol. The van der Waals surface area contributed by atoms with E-state index in [1.54, 1.807) is 24.3 Å². The quantitative estimate of drug-likeness (QED) is 0.291. The van der Waals surface area contributed by atoms with Gasteiger partial charge in [-0.3, -0.25) is 0 Å². The van der Waals surface area contributed by atoms with Crippen molar-refractivity contribution in [3.63, 3.8) is 0 Å². The van der Waals surface area contributed by atoms with Crippen LogP contribution < -0.4 is 14.3 Å². The Morgan fingerprint density at radius 1 is 1.03 bits per heavy atom. The fraction of sp³-hybridized carbons (Fsp3) is 0.136. The minimum atomic E-state index is -3.74. The van der Waals surface area contributed by atoms with Crippen molar-refractivity contribution in [2.75, 3.05) is 7.11 Å². The summed E-state index contributed by atoms with van der Waals surface area (Å²) < 4.78 is 37.7. The summed E-state index contributed by atoms with van der Waals surface area (Å²) in [5, 5.41) is 3.88. The van der Waals surface area contributed by atoms with Gasteiger partial charge >= 0.3 is 0 Å². The fourth-order valence-corrected chi connectivity index (χ4v) is 4.26. The van der Waals surface area contributed by atoms with E-state index in [0.29, 0.717) is 28.1 Å². The molecule has 0 heterocycles. The number of ether oxygens (including phenoxy) is 2. The molecule has 31 heavy (non-hydrogen) atoms. The highest BCUT2D eigenvalue weighted by molar-refractivity contribution is 9.10. The van der Waals surface area contributed by atoms with Gasteiger partial charge in [-0.1, -0.05) is 45.8 Å². The van der Waals surface area contributed by atoms with Gasteiger partial charge in [-0.05, 0) is 70.4 Å². The Bertz CT molecular complexity index is 1180. The minimum Gasteiger partial charge on any atom is -0.493 e. The summed E-state index contributed by atoms with van der Waals surface area (Å²) in [6.45, 7) is 2.26. The molecule has 1 N–H and O–H groups in total. The molecule has 0 atom stereocenters. The standard InChI is InChI=1S/C22H20Br2N2O4S/c1-15-3-9-19(10-4-15)31(27,28)26-25-13-17-11-20(24)22(21(12-17)29-2)30-14-16-5-7-18(23)8-6-16/h3-13,26H,14H2,1-2H3/b25-13-. The van der Waals surface area contributed by atoms with Crippen LogP contribution in [-0.2, 0) is 16.6 Å². The van der Waals surface area contributed by atoms with Gasteiger partial charge in [0.05, 0.1) is 22.7 Å². The smallest absolute Gasteiger partial charge is 0.276 e. The number of hydrazone groups is 1. The van der Waals surface area contributed by atoms with Crippen LogP contribution >= 0.6 is 31.9 Å². The second-order valence-electron chi connectivity index (χ2n) is 6.62. The van der Waals surface area contributed by atoms with Crippen LogP contribution in [0.4, 0.5) is 0 Å². The van der Waals surface area contributed by atoms with Crippen LogP contribution in [0.3, 0.4) is 0 Å². The Hall–Kier alpha value is -2.36. The van der Waals surface area contributed by atoms with E-state index in [2.05, 4.69) is 41.8 Å². The van der Waals surface area contributed by atoms with Crippen molar-refractivity contribution in [2.45, 2.75) is 18.4 Å². The summed E-state index contributed by atoms with van der Waals surface area (Å²) >= 11 is 6.90. The molecule has 3 rings (SSSR count). The molecule has 0 aliphatic heterocycles. The lowest BCUT2D eigenvalue weighted by Crippen LogP contribution is -2.18. The maximum absolute atomic E-state index is 12.3. The zero-order valence-electron chi connectivity index (χ0n) is 16.8. The Morgan fingerprint density at radius 2 is 1.71 bits per heavy atom. The SMILES string of the molecule is COc1cc(/C=N\NS(=O)(=O)c2ccc(C)cc2)cc(Br)c1OCc1ccc(Br)cc1.